The lowest BCUT2D eigenvalue weighted by molar-refractivity contribution is -0.132. The maximum absolute atomic E-state index is 13.4. The number of hydrogen-bond acceptors (Lipinski definition) is 18. The summed E-state index contributed by atoms with van der Waals surface area (Å²) in [6.45, 7) is 19.9. The molecule has 0 unspecified atom stereocenters. The van der Waals surface area contributed by atoms with Gasteiger partial charge in [-0.15, -0.1) is 0 Å². The molecular weight excluding hydrogens is 1160 g/mol. The monoisotopic (exact) mass is 1290 g/mol. The van der Waals surface area contributed by atoms with Gasteiger partial charge in [-0.25, -0.2) is 0 Å². The Bertz CT molecular complexity index is 1640. The van der Waals surface area contributed by atoms with Gasteiger partial charge in [0.05, 0.1) is 158 Å². The van der Waals surface area contributed by atoms with E-state index in [1.54, 1.807) is 7.11 Å². The molecule has 0 aliphatic carbocycles. The van der Waals surface area contributed by atoms with Crippen molar-refractivity contribution in [3.8, 4) is 0 Å². The van der Waals surface area contributed by atoms with Crippen molar-refractivity contribution >= 4 is 35.3 Å². The first kappa shape index (κ1) is 86.5. The minimum absolute atomic E-state index is 0.0117. The maximum atomic E-state index is 13.4. The third kappa shape index (κ3) is 63.3. The summed E-state index contributed by atoms with van der Waals surface area (Å²) in [6.07, 6.45) is 25.2. The Morgan fingerprint density at radius 2 is 0.611 bits per heavy atom. The molecule has 0 aromatic heterocycles. The van der Waals surface area contributed by atoms with E-state index in [2.05, 4.69) is 33.5 Å². The second kappa shape index (κ2) is 69.9. The van der Waals surface area contributed by atoms with Gasteiger partial charge in [-0.2, -0.15) is 0 Å². The molecule has 0 aromatic carbocycles. The van der Waals surface area contributed by atoms with Crippen LogP contribution < -0.4 is 26.6 Å². The Balaban J connectivity index is 3.79. The average Bonchev–Trinajstić information content (AvgIpc) is 2.51. The van der Waals surface area contributed by atoms with Crippen LogP contribution >= 0.6 is 0 Å². The summed E-state index contributed by atoms with van der Waals surface area (Å²) in [7, 11) is 1.64. The van der Waals surface area contributed by atoms with Gasteiger partial charge in [0.2, 0.25) is 29.5 Å². The molecule has 3 atom stereocenters. The van der Waals surface area contributed by atoms with Crippen LogP contribution in [0.5, 0.6) is 0 Å². The highest BCUT2D eigenvalue weighted by molar-refractivity contribution is 5.92. The van der Waals surface area contributed by atoms with E-state index in [0.717, 1.165) is 44.9 Å². The molecule has 0 saturated carbocycles. The molecule has 0 rings (SSSR count). The fourth-order valence-electron chi connectivity index (χ4n) is 9.09. The van der Waals surface area contributed by atoms with Crippen molar-refractivity contribution in [2.75, 3.05) is 179 Å². The van der Waals surface area contributed by atoms with Crippen molar-refractivity contribution in [2.45, 2.75) is 213 Å². The van der Waals surface area contributed by atoms with Gasteiger partial charge in [0.15, 0.2) is 5.78 Å². The largest absolute Gasteiger partial charge is 0.382 e. The normalized spacial score (nSPS) is 12.4. The number of ketones is 1. The second-order valence-electron chi connectivity index (χ2n) is 22.7. The molecule has 0 aromatic rings. The molecule has 0 aliphatic rings. The lowest BCUT2D eigenvalue weighted by atomic mass is 9.96. The number of amides is 5. The Labute approximate surface area is 543 Å². The predicted molar refractivity (Wildman–Crippen MR) is 350 cm³/mol. The fourth-order valence-corrected chi connectivity index (χ4v) is 9.09. The van der Waals surface area contributed by atoms with Crippen LogP contribution in [0, 0.1) is 5.92 Å². The van der Waals surface area contributed by atoms with Crippen molar-refractivity contribution in [2.24, 2.45) is 5.92 Å². The highest BCUT2D eigenvalue weighted by atomic mass is 16.6. The summed E-state index contributed by atoms with van der Waals surface area (Å²) >= 11 is 0. The van der Waals surface area contributed by atoms with Crippen LogP contribution in [0.2, 0.25) is 0 Å². The minimum atomic E-state index is -0.779. The van der Waals surface area contributed by atoms with Gasteiger partial charge in [0, 0.05) is 52.4 Å². The van der Waals surface area contributed by atoms with Gasteiger partial charge in [0.25, 0.3) is 0 Å². The van der Waals surface area contributed by atoms with Crippen molar-refractivity contribution in [3.05, 3.63) is 0 Å². The lowest BCUT2D eigenvalue weighted by Crippen LogP contribution is -2.53. The van der Waals surface area contributed by atoms with Crippen LogP contribution in [0.3, 0.4) is 0 Å². The lowest BCUT2D eigenvalue weighted by Gasteiger charge is -2.26. The Morgan fingerprint density at radius 1 is 0.322 bits per heavy atom. The number of Topliss-reactive ketones (excluding diaryl/α,β-unsaturated/α-hetero) is 1. The molecule has 530 valence electrons. The Morgan fingerprint density at radius 3 is 0.944 bits per heavy atom. The highest BCUT2D eigenvalue weighted by Crippen LogP contribution is 2.14. The molecule has 0 saturated heterocycles. The van der Waals surface area contributed by atoms with Gasteiger partial charge >= 0.3 is 0 Å². The SMILES string of the molecule is CCCCCCCCCCCCCCCC(=O)NCCCCCC(=O)NCCCCCC(=O)N[C@H](C(=O)N[C@@H](CCCCNC(=O)CCOCCOCCOCCOCCOCCOCCOCCOCCOCCOCCOCCOC)C(C)=O)[C@@H](C)CC. The Kier molecular flexibility index (Phi) is 67.2. The number of rotatable bonds is 73. The van der Waals surface area contributed by atoms with Crippen molar-refractivity contribution in [1.29, 1.82) is 0 Å². The van der Waals surface area contributed by atoms with Gasteiger partial charge in [-0.3, -0.25) is 28.8 Å². The summed E-state index contributed by atoms with van der Waals surface area (Å²) in [4.78, 5) is 75.9. The third-order valence-corrected chi connectivity index (χ3v) is 14.8. The van der Waals surface area contributed by atoms with Crippen LogP contribution in [0.25, 0.3) is 0 Å². The summed E-state index contributed by atoms with van der Waals surface area (Å²) in [5, 5.41) is 14.6. The van der Waals surface area contributed by atoms with Gasteiger partial charge in [-0.05, 0) is 64.2 Å². The maximum Gasteiger partial charge on any atom is 0.243 e. The Hall–Kier alpha value is -3.46. The van der Waals surface area contributed by atoms with Crippen LogP contribution in [0.15, 0.2) is 0 Å². The highest BCUT2D eigenvalue weighted by Gasteiger charge is 2.28. The zero-order valence-electron chi connectivity index (χ0n) is 57.1. The number of hydrogen-bond donors (Lipinski definition) is 5. The molecule has 0 fully saturated rings. The first-order chi connectivity index (χ1) is 44.0. The smallest absolute Gasteiger partial charge is 0.243 e. The molecule has 90 heavy (non-hydrogen) atoms. The zero-order valence-corrected chi connectivity index (χ0v) is 57.1. The zero-order chi connectivity index (χ0) is 65.7. The standard InChI is InChI=1S/C67H129N5O18/c1-6-8-9-10-11-12-13-14-15-16-17-18-21-29-62(74)68-33-25-19-22-30-63(75)69-34-26-20-23-31-65(77)72-66(59(3)7-2)67(78)71-61(60(4)73)28-24-27-35-70-64(76)32-36-80-39-40-82-43-44-84-47-48-86-51-52-88-55-56-90-58-57-89-54-53-87-50-49-85-46-45-83-42-41-81-38-37-79-5/h59,61,66H,6-58H2,1-5H3,(H,68,74)(H,69,75)(H,70,76)(H,71,78)(H,72,77)/t59-,61-,66-/m0/s1. The molecule has 5 amide bonds. The number of carbonyl (C=O) groups is 6. The van der Waals surface area contributed by atoms with Crippen molar-refractivity contribution in [3.63, 3.8) is 0 Å². The van der Waals surface area contributed by atoms with Crippen LogP contribution in [-0.2, 0) is 85.6 Å². The minimum Gasteiger partial charge on any atom is -0.382 e. The van der Waals surface area contributed by atoms with E-state index >= 15 is 0 Å². The van der Waals surface area contributed by atoms with Crippen LogP contribution in [0.1, 0.15) is 201 Å². The summed E-state index contributed by atoms with van der Waals surface area (Å²) in [5.74, 6) is -0.940. The third-order valence-electron chi connectivity index (χ3n) is 14.8. The molecule has 0 aliphatic heterocycles. The van der Waals surface area contributed by atoms with Crippen molar-refractivity contribution in [1.82, 2.24) is 26.6 Å². The molecule has 23 heteroatoms. The van der Waals surface area contributed by atoms with Gasteiger partial charge in [0.1, 0.15) is 6.04 Å². The molecule has 23 nitrogen and oxygen atoms in total. The number of nitrogens with one attached hydrogen (secondary N) is 5. The van der Waals surface area contributed by atoms with E-state index in [9.17, 15) is 28.8 Å². The van der Waals surface area contributed by atoms with E-state index in [4.69, 9.17) is 56.8 Å². The second-order valence-corrected chi connectivity index (χ2v) is 22.7. The fraction of sp³-hybridized carbons (Fsp3) is 0.910. The average molecular weight is 1290 g/mol. The molecule has 0 heterocycles. The number of methoxy groups -OCH3 is 1. The molecule has 0 radical (unpaired) electrons. The number of carbonyl (C=O) groups excluding carboxylic acids is 6. The summed E-state index contributed by atoms with van der Waals surface area (Å²) in [6, 6.07) is -1.48. The topological polar surface area (TPSA) is 273 Å². The predicted octanol–water partition coefficient (Wildman–Crippen LogP) is 7.93. The van der Waals surface area contributed by atoms with Gasteiger partial charge in [-0.1, -0.05) is 117 Å². The molecule has 0 bridgehead atoms. The number of unbranched alkanes of at least 4 members (excludes halogenated alkanes) is 17. The van der Waals surface area contributed by atoms with E-state index in [1.807, 2.05) is 13.8 Å². The first-order valence-corrected chi connectivity index (χ1v) is 34.8. The van der Waals surface area contributed by atoms with E-state index in [1.165, 1.54) is 77.6 Å². The quantitative estimate of drug-likeness (QED) is 0.0362. The van der Waals surface area contributed by atoms with E-state index in [0.29, 0.717) is 210 Å². The molecule has 0 spiro atoms. The molecule has 5 N–H and O–H groups in total. The van der Waals surface area contributed by atoms with Gasteiger partial charge < -0.3 is 83.4 Å². The summed E-state index contributed by atoms with van der Waals surface area (Å²) in [5.41, 5.74) is 0. The number of ether oxygens (including phenoxy) is 12. The van der Waals surface area contributed by atoms with Crippen molar-refractivity contribution < 1.29 is 85.6 Å². The van der Waals surface area contributed by atoms with E-state index in [-0.39, 0.29) is 60.7 Å². The first-order valence-electron chi connectivity index (χ1n) is 34.8. The van der Waals surface area contributed by atoms with E-state index < -0.39 is 12.1 Å². The molecular formula is C67H129N5O18. The van der Waals surface area contributed by atoms with Crippen LogP contribution in [0.4, 0.5) is 0 Å². The van der Waals surface area contributed by atoms with Crippen LogP contribution in [-0.4, -0.2) is 226 Å². The summed E-state index contributed by atoms with van der Waals surface area (Å²) < 4.78 is 65.2.